The van der Waals surface area contributed by atoms with Gasteiger partial charge in [-0.15, -0.1) is 0 Å². The maximum atomic E-state index is 8.90. The van der Waals surface area contributed by atoms with Crippen LogP contribution in [-0.2, 0) is 11.3 Å². The number of fused-ring (bicyclic) bond motifs is 1. The lowest BCUT2D eigenvalue weighted by Crippen LogP contribution is -2.38. The Bertz CT molecular complexity index is 605. The average molecular weight is 255 g/mol. The zero-order chi connectivity index (χ0) is 13.1. The van der Waals surface area contributed by atoms with Crippen LogP contribution in [0.3, 0.4) is 0 Å². The highest BCUT2D eigenvalue weighted by Gasteiger charge is 2.10. The van der Waals surface area contributed by atoms with Crippen LogP contribution in [0.5, 0.6) is 0 Å². The van der Waals surface area contributed by atoms with E-state index in [2.05, 4.69) is 27.8 Å². The molecule has 0 unspecified atom stereocenters. The Hall–Kier alpha value is -1.83. The monoisotopic (exact) mass is 255 g/mol. The third-order valence-electron chi connectivity index (χ3n) is 3.66. The molecule has 1 aromatic carbocycles. The predicted molar refractivity (Wildman–Crippen MR) is 73.9 cm³/mol. The van der Waals surface area contributed by atoms with Gasteiger partial charge in [0.1, 0.15) is 0 Å². The molecule has 1 fully saturated rings. The first-order valence-electron chi connectivity index (χ1n) is 6.66. The van der Waals surface area contributed by atoms with Gasteiger partial charge in [0.05, 0.1) is 24.8 Å². The number of rotatable bonds is 3. The zero-order valence-electron chi connectivity index (χ0n) is 10.9. The van der Waals surface area contributed by atoms with E-state index in [0.29, 0.717) is 0 Å². The third kappa shape index (κ3) is 2.62. The van der Waals surface area contributed by atoms with E-state index in [4.69, 9.17) is 10.00 Å². The molecule has 1 aromatic heterocycles. The lowest BCUT2D eigenvalue weighted by Gasteiger charge is -2.26. The number of hydrogen-bond donors (Lipinski definition) is 0. The molecule has 0 spiro atoms. The molecule has 0 N–H and O–H groups in total. The van der Waals surface area contributed by atoms with Gasteiger partial charge in [0, 0.05) is 43.3 Å². The molecule has 98 valence electrons. The van der Waals surface area contributed by atoms with E-state index in [-0.39, 0.29) is 0 Å². The summed E-state index contributed by atoms with van der Waals surface area (Å²) in [6.07, 6.45) is 2.10. The Balaban J connectivity index is 1.72. The number of hydrogen-bond acceptors (Lipinski definition) is 3. The topological polar surface area (TPSA) is 41.2 Å². The van der Waals surface area contributed by atoms with Gasteiger partial charge < -0.3 is 9.30 Å². The van der Waals surface area contributed by atoms with Gasteiger partial charge in [-0.25, -0.2) is 0 Å². The van der Waals surface area contributed by atoms with Gasteiger partial charge in [0.25, 0.3) is 0 Å². The van der Waals surface area contributed by atoms with E-state index in [0.717, 1.165) is 50.3 Å². The van der Waals surface area contributed by atoms with Gasteiger partial charge in [0.2, 0.25) is 0 Å². The van der Waals surface area contributed by atoms with Crippen LogP contribution in [0.2, 0.25) is 0 Å². The standard InChI is InChI=1S/C15H17N3O/c16-12-13-1-2-15-14(11-13)3-4-18(15)6-5-17-7-9-19-10-8-17/h1-4,11H,5-10H2. The molecule has 4 heteroatoms. The van der Waals surface area contributed by atoms with E-state index < -0.39 is 0 Å². The molecule has 0 saturated carbocycles. The van der Waals surface area contributed by atoms with Crippen LogP contribution in [0.15, 0.2) is 30.5 Å². The Labute approximate surface area is 112 Å². The summed E-state index contributed by atoms with van der Waals surface area (Å²) in [5, 5.41) is 10.0. The van der Waals surface area contributed by atoms with Crippen molar-refractivity contribution < 1.29 is 4.74 Å². The first kappa shape index (κ1) is 12.2. The molecule has 1 saturated heterocycles. The second-order valence-corrected chi connectivity index (χ2v) is 4.85. The SMILES string of the molecule is N#Cc1ccc2c(ccn2CCN2CCOCC2)c1. The second kappa shape index (κ2) is 5.43. The molecule has 0 atom stereocenters. The lowest BCUT2D eigenvalue weighted by molar-refractivity contribution is 0.0365. The fourth-order valence-electron chi connectivity index (χ4n) is 2.54. The molecule has 0 aliphatic carbocycles. The zero-order valence-corrected chi connectivity index (χ0v) is 10.9. The van der Waals surface area contributed by atoms with Crippen molar-refractivity contribution in [1.82, 2.24) is 9.47 Å². The summed E-state index contributed by atoms with van der Waals surface area (Å²) in [6, 6.07) is 10.1. The largest absolute Gasteiger partial charge is 0.379 e. The van der Waals surface area contributed by atoms with Crippen LogP contribution in [0.1, 0.15) is 5.56 Å². The van der Waals surface area contributed by atoms with E-state index in [9.17, 15) is 0 Å². The molecule has 0 amide bonds. The van der Waals surface area contributed by atoms with Crippen LogP contribution in [0.25, 0.3) is 10.9 Å². The fourth-order valence-corrected chi connectivity index (χ4v) is 2.54. The molecule has 19 heavy (non-hydrogen) atoms. The highest BCUT2D eigenvalue weighted by Crippen LogP contribution is 2.17. The first-order chi connectivity index (χ1) is 9.36. The molecule has 3 rings (SSSR count). The Morgan fingerprint density at radius 2 is 2.00 bits per heavy atom. The van der Waals surface area contributed by atoms with Gasteiger partial charge in [-0.1, -0.05) is 0 Å². The van der Waals surface area contributed by atoms with Crippen molar-refractivity contribution >= 4 is 10.9 Å². The predicted octanol–water partition coefficient (Wildman–Crippen LogP) is 1.85. The first-order valence-corrected chi connectivity index (χ1v) is 6.66. The van der Waals surface area contributed by atoms with Crippen LogP contribution in [-0.4, -0.2) is 42.3 Å². The van der Waals surface area contributed by atoms with Gasteiger partial charge in [-0.2, -0.15) is 5.26 Å². The Morgan fingerprint density at radius 1 is 1.16 bits per heavy atom. The summed E-state index contributed by atoms with van der Waals surface area (Å²) in [4.78, 5) is 2.43. The average Bonchev–Trinajstić information content (AvgIpc) is 2.88. The number of morpholine rings is 1. The van der Waals surface area contributed by atoms with Crippen LogP contribution in [0.4, 0.5) is 0 Å². The van der Waals surface area contributed by atoms with E-state index >= 15 is 0 Å². The van der Waals surface area contributed by atoms with Gasteiger partial charge >= 0.3 is 0 Å². The fraction of sp³-hybridized carbons (Fsp3) is 0.400. The Morgan fingerprint density at radius 3 is 2.79 bits per heavy atom. The lowest BCUT2D eigenvalue weighted by atomic mass is 10.2. The molecule has 4 nitrogen and oxygen atoms in total. The van der Waals surface area contributed by atoms with E-state index in [1.54, 1.807) is 0 Å². The highest BCUT2D eigenvalue weighted by molar-refractivity contribution is 5.81. The number of nitrogens with zero attached hydrogens (tertiary/aromatic N) is 3. The molecule has 1 aliphatic heterocycles. The van der Waals surface area contributed by atoms with Crippen molar-refractivity contribution in [3.8, 4) is 6.07 Å². The Kier molecular flexibility index (Phi) is 3.49. The minimum absolute atomic E-state index is 0.721. The quantitative estimate of drug-likeness (QED) is 0.840. The third-order valence-corrected chi connectivity index (χ3v) is 3.66. The minimum atomic E-state index is 0.721. The van der Waals surface area contributed by atoms with E-state index in [1.807, 2.05) is 18.2 Å². The van der Waals surface area contributed by atoms with Crippen molar-refractivity contribution in [2.24, 2.45) is 0 Å². The normalized spacial score (nSPS) is 16.6. The van der Waals surface area contributed by atoms with Crippen molar-refractivity contribution in [3.63, 3.8) is 0 Å². The summed E-state index contributed by atoms with van der Waals surface area (Å²) >= 11 is 0. The number of benzene rings is 1. The molecule has 2 heterocycles. The minimum Gasteiger partial charge on any atom is -0.379 e. The van der Waals surface area contributed by atoms with Gasteiger partial charge in [0.15, 0.2) is 0 Å². The van der Waals surface area contributed by atoms with Crippen molar-refractivity contribution in [1.29, 1.82) is 5.26 Å². The van der Waals surface area contributed by atoms with Gasteiger partial charge in [-0.05, 0) is 24.3 Å². The van der Waals surface area contributed by atoms with Crippen molar-refractivity contribution in [2.45, 2.75) is 6.54 Å². The summed E-state index contributed by atoms with van der Waals surface area (Å²) in [7, 11) is 0. The molecular weight excluding hydrogens is 238 g/mol. The van der Waals surface area contributed by atoms with Gasteiger partial charge in [-0.3, -0.25) is 4.90 Å². The van der Waals surface area contributed by atoms with Crippen molar-refractivity contribution in [3.05, 3.63) is 36.0 Å². The van der Waals surface area contributed by atoms with Crippen LogP contribution < -0.4 is 0 Å². The van der Waals surface area contributed by atoms with Crippen LogP contribution in [0, 0.1) is 11.3 Å². The maximum Gasteiger partial charge on any atom is 0.0991 e. The summed E-state index contributed by atoms with van der Waals surface area (Å²) in [6.45, 7) is 5.77. The number of ether oxygens (including phenoxy) is 1. The summed E-state index contributed by atoms with van der Waals surface area (Å²) in [5.41, 5.74) is 1.92. The molecule has 1 aliphatic rings. The molecular formula is C15H17N3O. The second-order valence-electron chi connectivity index (χ2n) is 4.85. The van der Waals surface area contributed by atoms with Crippen molar-refractivity contribution in [2.75, 3.05) is 32.8 Å². The van der Waals surface area contributed by atoms with Crippen LogP contribution >= 0.6 is 0 Å². The number of nitriles is 1. The maximum absolute atomic E-state index is 8.90. The summed E-state index contributed by atoms with van der Waals surface area (Å²) < 4.78 is 7.61. The summed E-state index contributed by atoms with van der Waals surface area (Å²) in [5.74, 6) is 0. The highest BCUT2D eigenvalue weighted by atomic mass is 16.5. The van der Waals surface area contributed by atoms with E-state index in [1.165, 1.54) is 5.52 Å². The smallest absolute Gasteiger partial charge is 0.0991 e. The molecule has 0 bridgehead atoms. The number of aromatic nitrogens is 1. The molecule has 0 radical (unpaired) electrons. The molecule has 2 aromatic rings.